The van der Waals surface area contributed by atoms with Crippen molar-refractivity contribution >= 4 is 11.9 Å². The number of ether oxygens (including phenoxy) is 2. The Balaban J connectivity index is 1.87. The van der Waals surface area contributed by atoms with E-state index in [2.05, 4.69) is 10.3 Å². The summed E-state index contributed by atoms with van der Waals surface area (Å²) >= 11 is 0. The standard InChI is InChI=1S/C15H20N2O5/c1-10(6-14(18)19)8-17-15(20)11-2-4-16-13(7-11)22-12-3-5-21-9-12/h2,4,7,10,12H,3,5-6,8-9H2,1H3,(H,17,20)(H,18,19). The van der Waals surface area contributed by atoms with Crippen molar-refractivity contribution in [3.63, 3.8) is 0 Å². The third kappa shape index (κ3) is 5.00. The number of aliphatic carboxylic acids is 1. The first kappa shape index (κ1) is 16.2. The molecule has 120 valence electrons. The van der Waals surface area contributed by atoms with Crippen molar-refractivity contribution in [3.8, 4) is 5.88 Å². The molecular weight excluding hydrogens is 288 g/mol. The highest BCUT2D eigenvalue weighted by molar-refractivity contribution is 5.94. The average Bonchev–Trinajstić information content (AvgIpc) is 2.97. The van der Waals surface area contributed by atoms with Gasteiger partial charge in [0.2, 0.25) is 5.88 Å². The van der Waals surface area contributed by atoms with E-state index in [1.54, 1.807) is 19.1 Å². The number of nitrogens with one attached hydrogen (secondary N) is 1. The number of hydrogen-bond donors (Lipinski definition) is 2. The first-order chi connectivity index (χ1) is 10.5. The third-order valence-corrected chi connectivity index (χ3v) is 3.31. The fourth-order valence-corrected chi connectivity index (χ4v) is 2.13. The number of carboxylic acid groups (broad SMARTS) is 1. The number of carbonyl (C=O) groups is 2. The Kier molecular flexibility index (Phi) is 5.71. The molecule has 2 atom stereocenters. The first-order valence-electron chi connectivity index (χ1n) is 7.25. The Morgan fingerprint density at radius 3 is 3.09 bits per heavy atom. The van der Waals surface area contributed by atoms with Crippen LogP contribution in [0.25, 0.3) is 0 Å². The van der Waals surface area contributed by atoms with Gasteiger partial charge in [-0.2, -0.15) is 0 Å². The zero-order chi connectivity index (χ0) is 15.9. The number of hydrogen-bond acceptors (Lipinski definition) is 5. The second kappa shape index (κ2) is 7.74. The number of pyridine rings is 1. The van der Waals surface area contributed by atoms with Gasteiger partial charge in [-0.25, -0.2) is 4.98 Å². The van der Waals surface area contributed by atoms with Crippen LogP contribution < -0.4 is 10.1 Å². The summed E-state index contributed by atoms with van der Waals surface area (Å²) in [5, 5.41) is 11.4. The lowest BCUT2D eigenvalue weighted by Gasteiger charge is -2.13. The van der Waals surface area contributed by atoms with Crippen LogP contribution in [-0.2, 0) is 9.53 Å². The molecular formula is C15H20N2O5. The smallest absolute Gasteiger partial charge is 0.303 e. The molecule has 0 bridgehead atoms. The van der Waals surface area contributed by atoms with E-state index in [0.29, 0.717) is 31.2 Å². The Morgan fingerprint density at radius 1 is 1.59 bits per heavy atom. The third-order valence-electron chi connectivity index (χ3n) is 3.31. The maximum absolute atomic E-state index is 12.1. The molecule has 7 heteroatoms. The molecule has 1 fully saturated rings. The maximum Gasteiger partial charge on any atom is 0.303 e. The first-order valence-corrected chi connectivity index (χ1v) is 7.25. The van der Waals surface area contributed by atoms with E-state index in [-0.39, 0.29) is 24.3 Å². The summed E-state index contributed by atoms with van der Waals surface area (Å²) in [4.78, 5) is 26.7. The quantitative estimate of drug-likeness (QED) is 0.782. The van der Waals surface area contributed by atoms with Gasteiger partial charge in [0.1, 0.15) is 6.10 Å². The van der Waals surface area contributed by atoms with Gasteiger partial charge in [0.05, 0.1) is 13.2 Å². The highest BCUT2D eigenvalue weighted by Crippen LogP contribution is 2.15. The van der Waals surface area contributed by atoms with E-state index in [0.717, 1.165) is 6.42 Å². The highest BCUT2D eigenvalue weighted by Gasteiger charge is 2.18. The molecule has 1 aromatic rings. The van der Waals surface area contributed by atoms with Crippen molar-refractivity contribution in [2.75, 3.05) is 19.8 Å². The van der Waals surface area contributed by atoms with Gasteiger partial charge < -0.3 is 19.9 Å². The maximum atomic E-state index is 12.1. The Hall–Kier alpha value is -2.15. The summed E-state index contributed by atoms with van der Waals surface area (Å²) < 4.78 is 10.9. The second-order valence-electron chi connectivity index (χ2n) is 5.40. The lowest BCUT2D eigenvalue weighted by atomic mass is 10.1. The molecule has 1 aromatic heterocycles. The molecule has 0 spiro atoms. The zero-order valence-corrected chi connectivity index (χ0v) is 12.4. The van der Waals surface area contributed by atoms with Gasteiger partial charge in [0, 0.05) is 37.2 Å². The van der Waals surface area contributed by atoms with E-state index in [1.165, 1.54) is 6.20 Å². The lowest BCUT2D eigenvalue weighted by molar-refractivity contribution is -0.137. The fourth-order valence-electron chi connectivity index (χ4n) is 2.13. The van der Waals surface area contributed by atoms with E-state index >= 15 is 0 Å². The van der Waals surface area contributed by atoms with Gasteiger partial charge in [-0.05, 0) is 12.0 Å². The van der Waals surface area contributed by atoms with E-state index in [4.69, 9.17) is 14.6 Å². The van der Waals surface area contributed by atoms with Crippen LogP contribution in [0.3, 0.4) is 0 Å². The summed E-state index contributed by atoms with van der Waals surface area (Å²) in [5.74, 6) is -0.885. The van der Waals surface area contributed by atoms with Crippen molar-refractivity contribution in [2.24, 2.45) is 5.92 Å². The molecule has 7 nitrogen and oxygen atoms in total. The van der Waals surface area contributed by atoms with E-state index in [9.17, 15) is 9.59 Å². The SMILES string of the molecule is CC(CNC(=O)c1ccnc(OC2CCOC2)c1)CC(=O)O. The highest BCUT2D eigenvalue weighted by atomic mass is 16.5. The molecule has 2 rings (SSSR count). The minimum absolute atomic E-state index is 0.0205. The molecule has 0 radical (unpaired) electrons. The normalized spacial score (nSPS) is 18.7. The summed E-state index contributed by atoms with van der Waals surface area (Å²) in [6, 6.07) is 3.17. The Labute approximate surface area is 128 Å². The summed E-state index contributed by atoms with van der Waals surface area (Å²) in [6.45, 7) is 3.28. The molecule has 2 N–H and O–H groups in total. The van der Waals surface area contributed by atoms with Crippen molar-refractivity contribution in [1.29, 1.82) is 0 Å². The number of carbonyl (C=O) groups excluding carboxylic acids is 1. The molecule has 1 aliphatic rings. The van der Waals surface area contributed by atoms with E-state index < -0.39 is 5.97 Å². The van der Waals surface area contributed by atoms with Gasteiger partial charge in [-0.1, -0.05) is 6.92 Å². The average molecular weight is 308 g/mol. The topological polar surface area (TPSA) is 97.8 Å². The molecule has 1 saturated heterocycles. The van der Waals surface area contributed by atoms with Crippen LogP contribution in [0.4, 0.5) is 0 Å². The molecule has 1 amide bonds. The van der Waals surface area contributed by atoms with Crippen LogP contribution in [0.15, 0.2) is 18.3 Å². The van der Waals surface area contributed by atoms with Crippen LogP contribution in [0.1, 0.15) is 30.1 Å². The van der Waals surface area contributed by atoms with E-state index in [1.807, 2.05) is 0 Å². The molecule has 0 aliphatic carbocycles. The largest absolute Gasteiger partial charge is 0.481 e. The number of rotatable bonds is 7. The van der Waals surface area contributed by atoms with Crippen molar-refractivity contribution in [2.45, 2.75) is 25.9 Å². The number of carboxylic acids is 1. The summed E-state index contributed by atoms with van der Waals surface area (Å²) in [7, 11) is 0. The number of amides is 1. The Morgan fingerprint density at radius 2 is 2.41 bits per heavy atom. The molecule has 1 aliphatic heterocycles. The summed E-state index contributed by atoms with van der Waals surface area (Å²) in [5.41, 5.74) is 0.437. The molecule has 2 unspecified atom stereocenters. The van der Waals surface area contributed by atoms with Crippen LogP contribution in [0.2, 0.25) is 0 Å². The van der Waals surface area contributed by atoms with Crippen LogP contribution in [-0.4, -0.2) is 47.8 Å². The molecule has 0 aromatic carbocycles. The lowest BCUT2D eigenvalue weighted by Crippen LogP contribution is -2.29. The van der Waals surface area contributed by atoms with Crippen molar-refractivity contribution in [3.05, 3.63) is 23.9 Å². The van der Waals surface area contributed by atoms with Crippen molar-refractivity contribution < 1.29 is 24.2 Å². The minimum atomic E-state index is -0.875. The van der Waals surface area contributed by atoms with Crippen LogP contribution in [0.5, 0.6) is 5.88 Å². The molecule has 0 saturated carbocycles. The van der Waals surface area contributed by atoms with Crippen LogP contribution in [0, 0.1) is 5.92 Å². The number of aromatic nitrogens is 1. The second-order valence-corrected chi connectivity index (χ2v) is 5.40. The summed E-state index contributed by atoms with van der Waals surface area (Å²) in [6.07, 6.45) is 2.32. The van der Waals surface area contributed by atoms with Gasteiger partial charge in [-0.3, -0.25) is 9.59 Å². The van der Waals surface area contributed by atoms with Gasteiger partial charge >= 0.3 is 5.97 Å². The Bertz CT molecular complexity index is 528. The number of nitrogens with zero attached hydrogens (tertiary/aromatic N) is 1. The molecule has 2 heterocycles. The van der Waals surface area contributed by atoms with Gasteiger partial charge in [-0.15, -0.1) is 0 Å². The minimum Gasteiger partial charge on any atom is -0.481 e. The predicted octanol–water partition coefficient (Wildman–Crippen LogP) is 1.09. The predicted molar refractivity (Wildman–Crippen MR) is 77.8 cm³/mol. The fraction of sp³-hybridized carbons (Fsp3) is 0.533. The monoisotopic (exact) mass is 308 g/mol. The van der Waals surface area contributed by atoms with Crippen LogP contribution >= 0.6 is 0 Å². The van der Waals surface area contributed by atoms with Gasteiger partial charge in [0.15, 0.2) is 0 Å². The van der Waals surface area contributed by atoms with Gasteiger partial charge in [0.25, 0.3) is 5.91 Å². The zero-order valence-electron chi connectivity index (χ0n) is 12.4. The molecule has 22 heavy (non-hydrogen) atoms. The van der Waals surface area contributed by atoms with Crippen molar-refractivity contribution in [1.82, 2.24) is 10.3 Å².